The molecule has 0 unspecified atom stereocenters. The number of phenols is 1. The van der Waals surface area contributed by atoms with E-state index in [1.165, 1.54) is 16.7 Å². The highest BCUT2D eigenvalue weighted by Crippen LogP contribution is 2.49. The van der Waals surface area contributed by atoms with Crippen molar-refractivity contribution in [3.8, 4) is 78.6 Å². The van der Waals surface area contributed by atoms with Gasteiger partial charge < -0.3 is 5.11 Å². The van der Waals surface area contributed by atoms with Crippen LogP contribution in [0.1, 0.15) is 179 Å². The summed E-state index contributed by atoms with van der Waals surface area (Å²) in [4.78, 5) is 10.00. The number of aryl methyl sites for hydroxylation is 2. The topological polar surface area (TPSA) is 50.9 Å². The van der Waals surface area contributed by atoms with E-state index in [9.17, 15) is 6.48 Å². The lowest BCUT2D eigenvalue weighted by atomic mass is 9.78. The summed E-state index contributed by atoms with van der Waals surface area (Å²) in [5.74, 6) is -2.03. The third-order valence-electron chi connectivity index (χ3n) is 13.3. The molecular weight excluding hydrogens is 911 g/mol. The summed E-state index contributed by atoms with van der Waals surface area (Å²) < 4.78 is 243. The Morgan fingerprint density at radius 1 is 0.520 bits per heavy atom. The summed E-state index contributed by atoms with van der Waals surface area (Å²) in [5.41, 5.74) is -11.7. The number of para-hydroxylation sites is 1. The van der Waals surface area contributed by atoms with E-state index in [0.29, 0.717) is 39.4 Å². The zero-order valence-corrected chi connectivity index (χ0v) is 43.6. The van der Waals surface area contributed by atoms with Crippen LogP contribution in [-0.2, 0) is 28.0 Å². The molecule has 0 radical (unpaired) electrons. The van der Waals surface area contributed by atoms with Crippen molar-refractivity contribution in [3.63, 3.8) is 0 Å². The minimum atomic E-state index is -4.27. The van der Waals surface area contributed by atoms with Gasteiger partial charge in [0.25, 0.3) is 0 Å². The Hall–Kier alpha value is -7.04. The zero-order chi connectivity index (χ0) is 76.8. The van der Waals surface area contributed by atoms with Crippen molar-refractivity contribution < 1.29 is 42.1 Å². The summed E-state index contributed by atoms with van der Waals surface area (Å²) in [6.07, 6.45) is -1.12. The number of rotatable bonds is 8. The van der Waals surface area contributed by atoms with Crippen molar-refractivity contribution in [2.45, 2.75) is 145 Å². The van der Waals surface area contributed by atoms with Gasteiger partial charge in [0.1, 0.15) is 11.6 Å². The molecule has 0 atom stereocenters. The molecular formula is C71H79N3O. The lowest BCUT2D eigenvalue weighted by Crippen LogP contribution is -2.17. The number of nitrogens with zero attached hydrogens (tertiary/aromatic N) is 3. The monoisotopic (exact) mass is 1020 g/mol. The number of benzene rings is 7. The summed E-state index contributed by atoms with van der Waals surface area (Å²) in [6, 6.07) is 35.8. The van der Waals surface area contributed by atoms with Crippen molar-refractivity contribution in [3.05, 3.63) is 191 Å². The van der Waals surface area contributed by atoms with Gasteiger partial charge in [0, 0.05) is 69.7 Å². The molecule has 9 rings (SSSR count). The van der Waals surface area contributed by atoms with Gasteiger partial charge in [0.15, 0.2) is 0 Å². The van der Waals surface area contributed by atoms with Crippen molar-refractivity contribution in [1.29, 1.82) is 0 Å². The van der Waals surface area contributed by atoms with Crippen molar-refractivity contribution in [1.82, 2.24) is 14.5 Å². The minimum Gasteiger partial charge on any atom is -0.507 e. The Kier molecular flexibility index (Phi) is 7.38. The van der Waals surface area contributed by atoms with Crippen LogP contribution in [0.5, 0.6) is 5.75 Å². The summed E-state index contributed by atoms with van der Waals surface area (Å²) in [7, 11) is 0. The lowest BCUT2D eigenvalue weighted by molar-refractivity contribution is 0.411. The second-order valence-electron chi connectivity index (χ2n) is 22.5. The van der Waals surface area contributed by atoms with Gasteiger partial charge in [-0.25, -0.2) is 4.98 Å². The Balaban J connectivity index is 1.55. The van der Waals surface area contributed by atoms with Gasteiger partial charge in [-0.1, -0.05) is 207 Å². The summed E-state index contributed by atoms with van der Waals surface area (Å²) in [6.45, 7) is -14.8. The van der Waals surface area contributed by atoms with Gasteiger partial charge in [-0.3, -0.25) is 9.55 Å². The average Bonchev–Trinajstić information content (AvgIpc) is 0.904. The van der Waals surface area contributed by atoms with Crippen LogP contribution < -0.4 is 0 Å². The van der Waals surface area contributed by atoms with Gasteiger partial charge in [0.2, 0.25) is 0 Å². The van der Waals surface area contributed by atoms with Crippen LogP contribution in [0, 0.1) is 19.1 Å². The van der Waals surface area contributed by atoms with E-state index >= 15 is 0 Å². The first-order valence-electron chi connectivity index (χ1n) is 38.2. The van der Waals surface area contributed by atoms with Crippen LogP contribution in [0.4, 0.5) is 0 Å². The lowest BCUT2D eigenvalue weighted by Gasteiger charge is -2.28. The molecule has 0 saturated carbocycles. The molecule has 7 aromatic carbocycles. The Labute approximate surface area is 486 Å². The predicted molar refractivity (Wildman–Crippen MR) is 321 cm³/mol. The first kappa shape index (κ1) is 28.7. The first-order chi connectivity index (χ1) is 46.2. The molecule has 1 N–H and O–H groups in total. The molecule has 384 valence electrons. The fourth-order valence-corrected chi connectivity index (χ4v) is 9.44. The van der Waals surface area contributed by atoms with Crippen LogP contribution in [0.2, 0.25) is 0 Å². The van der Waals surface area contributed by atoms with E-state index in [-0.39, 0.29) is 56.3 Å². The Morgan fingerprint density at radius 3 is 1.69 bits per heavy atom. The van der Waals surface area contributed by atoms with Crippen molar-refractivity contribution in [2.75, 3.05) is 0 Å². The number of hydrogen-bond acceptors (Lipinski definition) is 3. The quantitative estimate of drug-likeness (QED) is 0.165. The SMILES string of the molecule is [2H]c1cc(C([2H])([2H])C(C)(C)C)cc(C([2H])([2H])[2H])c1-c1cc(-c2cc(-c3cccc4c3nc(-c3cc(C(C([2H])([2H])[2H])(C([2H])([2H])[2H])C([2H])([2H])[2H])cc(C(C([2H])([2H])[2H])(C([2H])([2H])[2H])C([2H])([2H])[2H])c3O)n4-c3c(-c4ccccc4)cc(C(C)(C)C)cc3-c3ccccc3)cc(C(C)(C)C)c2)ncc1C([2H])([2H])[2H]. The van der Waals surface area contributed by atoms with Gasteiger partial charge >= 0.3 is 0 Å². The fourth-order valence-electron chi connectivity index (χ4n) is 9.44. The highest BCUT2D eigenvalue weighted by Gasteiger charge is 2.31. The number of fused-ring (bicyclic) bond motifs is 1. The van der Waals surface area contributed by atoms with E-state index in [4.69, 9.17) is 45.6 Å². The highest BCUT2D eigenvalue weighted by molar-refractivity contribution is 6.00. The minimum absolute atomic E-state index is 0.0148. The molecule has 9 aromatic rings. The largest absolute Gasteiger partial charge is 0.507 e. The number of pyridine rings is 1. The van der Waals surface area contributed by atoms with E-state index in [1.54, 1.807) is 118 Å². The molecule has 0 amide bonds. The van der Waals surface area contributed by atoms with Gasteiger partial charge in [-0.05, 0) is 151 Å². The molecule has 0 aliphatic carbocycles. The van der Waals surface area contributed by atoms with E-state index in [2.05, 4.69) is 0 Å². The second kappa shape index (κ2) is 19.3. The van der Waals surface area contributed by atoms with Crippen LogP contribution in [0.3, 0.4) is 0 Å². The van der Waals surface area contributed by atoms with Gasteiger partial charge in [-0.2, -0.15) is 0 Å². The summed E-state index contributed by atoms with van der Waals surface area (Å²) >= 11 is 0. The third kappa shape index (κ3) is 10.8. The fraction of sp³-hybridized carbons (Fsp3) is 0.324. The summed E-state index contributed by atoms with van der Waals surface area (Å²) in [5, 5.41) is 13.5. The molecule has 0 aliphatic heterocycles. The average molecular weight is 1020 g/mol. The van der Waals surface area contributed by atoms with Crippen LogP contribution in [-0.4, -0.2) is 19.6 Å². The van der Waals surface area contributed by atoms with Crippen LogP contribution in [0.15, 0.2) is 152 Å². The molecule has 0 aliphatic rings. The highest BCUT2D eigenvalue weighted by atomic mass is 16.3. The molecule has 2 heterocycles. The molecule has 2 aromatic heterocycles. The standard InChI is InChI=1S/C71H79N3O/c1-44-33-46(42-67(3,4)5)31-32-54(44)56-41-61(72-43-45(56)2)50-34-49(35-51(36-50)68(6,7)8)55-29-24-30-62-63(55)73-66(59-39-53(70(12,13)14)40-60(65(59)75)71(15,16)17)74(62)64-57(47-25-20-18-21-26-47)37-52(69(9,10)11)38-58(64)48-27-22-19-23-28-48/h18-41,43,75H,42H2,1-17H3/i1D3,2D3,12D3,13D3,14D3,15D3,16D3,17D3,32D,42D2. The third-order valence-corrected chi connectivity index (χ3v) is 13.3. The molecule has 75 heavy (non-hydrogen) atoms. The number of imidazole rings is 1. The van der Waals surface area contributed by atoms with E-state index < -0.39 is 134 Å². The number of aromatic nitrogens is 3. The Morgan fingerprint density at radius 2 is 1.11 bits per heavy atom. The first-order valence-corrected chi connectivity index (χ1v) is 24.7. The molecule has 0 spiro atoms. The Bertz CT molecular complexity index is 4540. The van der Waals surface area contributed by atoms with E-state index in [0.717, 1.165) is 17.8 Å². The number of aromatic hydroxyl groups is 1. The second-order valence-corrected chi connectivity index (χ2v) is 22.5. The molecule has 4 nitrogen and oxygen atoms in total. The maximum Gasteiger partial charge on any atom is 0.149 e. The normalized spacial score (nSPS) is 19.6. The van der Waals surface area contributed by atoms with Crippen LogP contribution in [0.25, 0.3) is 83.9 Å². The maximum atomic E-state index is 13.5. The molecule has 0 saturated heterocycles. The molecule has 4 heteroatoms. The van der Waals surface area contributed by atoms with E-state index in [1.807, 2.05) is 53.7 Å². The zero-order valence-electron chi connectivity index (χ0n) is 70.6. The maximum absolute atomic E-state index is 13.5. The van der Waals surface area contributed by atoms with Crippen molar-refractivity contribution >= 4 is 11.0 Å². The number of hydrogen-bond donors (Lipinski definition) is 1. The van der Waals surface area contributed by atoms with Gasteiger partial charge in [-0.15, -0.1) is 0 Å². The van der Waals surface area contributed by atoms with Crippen LogP contribution >= 0.6 is 0 Å². The smallest absolute Gasteiger partial charge is 0.149 e. The molecule has 0 bridgehead atoms. The van der Waals surface area contributed by atoms with Gasteiger partial charge in [0.05, 0.1) is 29.3 Å². The predicted octanol–water partition coefficient (Wildman–Crippen LogP) is 19.5. The number of phenolic OH excluding ortho intramolecular Hbond substituents is 1. The van der Waals surface area contributed by atoms with Crippen molar-refractivity contribution in [2.24, 2.45) is 5.41 Å². The molecule has 0 fully saturated rings.